The summed E-state index contributed by atoms with van der Waals surface area (Å²) in [4.78, 5) is 20.9. The number of carbonyl (C=O) groups is 1. The Morgan fingerprint density at radius 2 is 1.75 bits per heavy atom. The van der Waals surface area contributed by atoms with Gasteiger partial charge in [-0.3, -0.25) is 4.40 Å². The van der Waals surface area contributed by atoms with E-state index < -0.39 is 29.3 Å². The third-order valence-corrected chi connectivity index (χ3v) is 9.59. The molecule has 0 bridgehead atoms. The highest BCUT2D eigenvalue weighted by Gasteiger charge is 2.38. The summed E-state index contributed by atoms with van der Waals surface area (Å²) in [7, 11) is 1.37. The third-order valence-electron chi connectivity index (χ3n) is 9.59. The van der Waals surface area contributed by atoms with Crippen molar-refractivity contribution < 1.29 is 32.5 Å². The number of halogens is 2. The van der Waals surface area contributed by atoms with E-state index in [-0.39, 0.29) is 23.0 Å². The van der Waals surface area contributed by atoms with Crippen molar-refractivity contribution in [1.29, 1.82) is 0 Å². The van der Waals surface area contributed by atoms with Gasteiger partial charge in [0.05, 0.1) is 42.3 Å². The number of piperidine rings is 1. The lowest BCUT2D eigenvalue weighted by molar-refractivity contribution is -0.164. The molecule has 1 aliphatic heterocycles. The number of carbonyl (C=O) groups excluding carboxylic acids is 1. The van der Waals surface area contributed by atoms with Crippen LogP contribution in [-0.4, -0.2) is 59.5 Å². The van der Waals surface area contributed by atoms with E-state index in [2.05, 4.69) is 25.0 Å². The number of benzene rings is 2. The van der Waals surface area contributed by atoms with Gasteiger partial charge in [0.2, 0.25) is 0 Å². The molecule has 1 fully saturated rings. The largest absolute Gasteiger partial charge is 0.490 e. The number of aryl methyl sites for hydroxylation is 1. The van der Waals surface area contributed by atoms with Crippen LogP contribution in [-0.2, 0) is 19.0 Å². The number of esters is 1. The second-order valence-corrected chi connectivity index (χ2v) is 14.8. The van der Waals surface area contributed by atoms with Crippen LogP contribution in [0.3, 0.4) is 0 Å². The van der Waals surface area contributed by atoms with Gasteiger partial charge in [0.15, 0.2) is 6.10 Å². The minimum atomic E-state index is -1.01. The van der Waals surface area contributed by atoms with Gasteiger partial charge in [0.25, 0.3) is 0 Å². The average Bonchev–Trinajstić information content (AvgIpc) is 3.53. The molecular weight excluding hydrogens is 664 g/mol. The zero-order chi connectivity index (χ0) is 38.0. The zero-order valence-corrected chi connectivity index (χ0v) is 31.6. The quantitative estimate of drug-likeness (QED) is 0.101. The molecule has 0 radical (unpaired) electrons. The van der Waals surface area contributed by atoms with Gasteiger partial charge < -0.3 is 23.8 Å². The van der Waals surface area contributed by atoms with Crippen LogP contribution in [0.5, 0.6) is 5.75 Å². The van der Waals surface area contributed by atoms with Gasteiger partial charge in [-0.2, -0.15) is 0 Å². The van der Waals surface area contributed by atoms with Crippen molar-refractivity contribution in [2.24, 2.45) is 0 Å². The van der Waals surface area contributed by atoms with Crippen LogP contribution in [0.25, 0.3) is 28.0 Å². The van der Waals surface area contributed by atoms with Crippen LogP contribution in [0.1, 0.15) is 76.7 Å². The van der Waals surface area contributed by atoms with Crippen LogP contribution in [0.4, 0.5) is 14.6 Å². The molecule has 4 aromatic rings. The van der Waals surface area contributed by atoms with E-state index in [1.807, 2.05) is 70.3 Å². The summed E-state index contributed by atoms with van der Waals surface area (Å²) >= 11 is 0. The molecule has 1 saturated heterocycles. The van der Waals surface area contributed by atoms with Gasteiger partial charge >= 0.3 is 5.97 Å². The second kappa shape index (κ2) is 15.6. The molecule has 8 nitrogen and oxygen atoms in total. The lowest BCUT2D eigenvalue weighted by Crippen LogP contribution is -2.45. The Balaban J connectivity index is 1.69. The van der Waals surface area contributed by atoms with Crippen molar-refractivity contribution >= 4 is 17.4 Å². The first kappa shape index (κ1) is 38.7. The summed E-state index contributed by atoms with van der Waals surface area (Å²) in [6.45, 7) is 23.0. The second-order valence-electron chi connectivity index (χ2n) is 14.8. The minimum Gasteiger partial charge on any atom is -0.490 e. The number of hydrogen-bond acceptors (Lipinski definition) is 7. The van der Waals surface area contributed by atoms with Crippen LogP contribution in [0.2, 0.25) is 0 Å². The molecule has 0 saturated carbocycles. The summed E-state index contributed by atoms with van der Waals surface area (Å²) in [5.74, 6) is -1.05. The van der Waals surface area contributed by atoms with E-state index in [4.69, 9.17) is 23.9 Å². The van der Waals surface area contributed by atoms with E-state index in [0.29, 0.717) is 48.6 Å². The number of rotatable bonds is 13. The summed E-state index contributed by atoms with van der Waals surface area (Å²) in [6, 6.07) is 9.39. The van der Waals surface area contributed by atoms with Crippen LogP contribution in [0.15, 0.2) is 67.9 Å². The molecule has 0 amide bonds. The molecule has 0 spiro atoms. The Bertz CT molecular complexity index is 1960. The SMILES string of the molecule is C=CCOC1(C)CCN(c2c(C(OC(C)(C)C)C(=O)OC)c(C)c(C)c3nc(-c4cccc(-c5c(F)cc(F)cc5O[C@@H](C)CC=C)c4)cn23)CC1. The first-order valence-electron chi connectivity index (χ1n) is 17.7. The van der Waals surface area contributed by atoms with Crippen molar-refractivity contribution in [2.75, 3.05) is 31.7 Å². The number of aromatic nitrogens is 2. The summed E-state index contributed by atoms with van der Waals surface area (Å²) < 4.78 is 55.9. The van der Waals surface area contributed by atoms with E-state index in [9.17, 15) is 9.18 Å². The van der Waals surface area contributed by atoms with E-state index >= 15 is 4.39 Å². The average molecular weight is 716 g/mol. The molecule has 2 atom stereocenters. The first-order valence-corrected chi connectivity index (χ1v) is 17.7. The Hall–Kier alpha value is -4.54. The minimum absolute atomic E-state index is 0.110. The van der Waals surface area contributed by atoms with Crippen LogP contribution >= 0.6 is 0 Å². The molecule has 2 aromatic heterocycles. The molecule has 1 unspecified atom stereocenters. The van der Waals surface area contributed by atoms with Gasteiger partial charge in [-0.1, -0.05) is 30.4 Å². The van der Waals surface area contributed by atoms with Gasteiger partial charge in [0, 0.05) is 49.0 Å². The van der Waals surface area contributed by atoms with Crippen molar-refractivity contribution in [3.8, 4) is 28.1 Å². The number of fused-ring (bicyclic) bond motifs is 1. The fraction of sp³-hybridized carbons (Fsp3) is 0.429. The maximum Gasteiger partial charge on any atom is 0.339 e. The van der Waals surface area contributed by atoms with Crippen LogP contribution < -0.4 is 9.64 Å². The highest BCUT2D eigenvalue weighted by Crippen LogP contribution is 2.42. The molecule has 2 aromatic carbocycles. The summed E-state index contributed by atoms with van der Waals surface area (Å²) in [5.41, 5.74) is 4.21. The molecular formula is C42H51F2N3O5. The highest BCUT2D eigenvalue weighted by atomic mass is 19.1. The van der Waals surface area contributed by atoms with Gasteiger partial charge in [0.1, 0.15) is 28.8 Å². The third kappa shape index (κ3) is 8.24. The zero-order valence-electron chi connectivity index (χ0n) is 31.6. The Morgan fingerprint density at radius 3 is 2.38 bits per heavy atom. The Labute approximate surface area is 306 Å². The molecule has 0 aliphatic carbocycles. The number of pyridine rings is 1. The number of methoxy groups -OCH3 is 1. The first-order chi connectivity index (χ1) is 24.6. The monoisotopic (exact) mass is 715 g/mol. The van der Waals surface area contributed by atoms with Gasteiger partial charge in [-0.05, 0) is 84.1 Å². The molecule has 3 heterocycles. The predicted molar refractivity (Wildman–Crippen MR) is 202 cm³/mol. The maximum atomic E-state index is 15.5. The molecule has 5 rings (SSSR count). The lowest BCUT2D eigenvalue weighted by atomic mass is 9.92. The molecule has 1 aliphatic rings. The van der Waals surface area contributed by atoms with E-state index in [0.717, 1.165) is 41.4 Å². The highest BCUT2D eigenvalue weighted by molar-refractivity contribution is 5.82. The standard InChI is InChI=1S/C42H51F2N3O5/c1-11-14-26(3)51-34-24-31(43)23-32(44)36(34)30-16-13-15-29(22-30)33-25-47-38(45-33)28(5)27(4)35(37(40(48)49-10)52-41(6,7)8)39(47)46-19-17-42(9,18-20-46)50-21-12-2/h11-13,15-16,22-26,37H,1-2,14,17-21H2,3-10H3/t26-,37?/m0/s1. The fourth-order valence-corrected chi connectivity index (χ4v) is 6.79. The van der Waals surface area contributed by atoms with E-state index in [1.165, 1.54) is 13.2 Å². The van der Waals surface area contributed by atoms with Gasteiger partial charge in [-0.15, -0.1) is 13.2 Å². The van der Waals surface area contributed by atoms with Gasteiger partial charge in [-0.25, -0.2) is 18.6 Å². The van der Waals surface area contributed by atoms with Crippen molar-refractivity contribution in [3.05, 3.63) is 96.2 Å². The molecule has 0 N–H and O–H groups in total. The van der Waals surface area contributed by atoms with Crippen molar-refractivity contribution in [3.63, 3.8) is 0 Å². The topological polar surface area (TPSA) is 74.5 Å². The summed E-state index contributed by atoms with van der Waals surface area (Å²) in [6.07, 6.45) is 6.07. The lowest BCUT2D eigenvalue weighted by Gasteiger charge is -2.41. The summed E-state index contributed by atoms with van der Waals surface area (Å²) in [5, 5.41) is 0. The Kier molecular flexibility index (Phi) is 11.6. The number of hydrogen-bond donors (Lipinski definition) is 0. The Morgan fingerprint density at radius 1 is 1.06 bits per heavy atom. The van der Waals surface area contributed by atoms with E-state index in [1.54, 1.807) is 18.2 Å². The number of anilines is 1. The molecule has 52 heavy (non-hydrogen) atoms. The predicted octanol–water partition coefficient (Wildman–Crippen LogP) is 9.50. The van der Waals surface area contributed by atoms with Crippen LogP contribution in [0, 0.1) is 25.5 Å². The maximum absolute atomic E-state index is 15.5. The number of imidazole rings is 1. The molecule has 10 heteroatoms. The fourth-order valence-electron chi connectivity index (χ4n) is 6.79. The molecule has 278 valence electrons. The smallest absolute Gasteiger partial charge is 0.339 e. The number of ether oxygens (including phenoxy) is 4. The van der Waals surface area contributed by atoms with Crippen molar-refractivity contribution in [1.82, 2.24) is 9.38 Å². The number of nitrogens with zero attached hydrogens (tertiary/aromatic N) is 3. The normalized spacial score (nSPS) is 15.7. The van der Waals surface area contributed by atoms with Crippen molar-refractivity contribution in [2.45, 2.75) is 91.1 Å².